The molecule has 7 nitrogen and oxygen atoms in total. The molecule has 2 aromatic heterocycles. The predicted molar refractivity (Wildman–Crippen MR) is 69.5 cm³/mol. The second-order valence-corrected chi connectivity index (χ2v) is 3.86. The molecule has 0 aliphatic carbocycles. The molecule has 0 fully saturated rings. The van der Waals surface area contributed by atoms with Crippen molar-refractivity contribution in [3.63, 3.8) is 0 Å². The van der Waals surface area contributed by atoms with Gasteiger partial charge in [0.25, 0.3) is 5.91 Å². The number of nitrogens with one attached hydrogen (secondary N) is 3. The third-order valence-electron chi connectivity index (χ3n) is 2.19. The molecule has 0 atom stereocenters. The van der Waals surface area contributed by atoms with Gasteiger partial charge in [0.2, 0.25) is 5.56 Å². The summed E-state index contributed by atoms with van der Waals surface area (Å²) in [6, 6.07) is 2.67. The van der Waals surface area contributed by atoms with E-state index in [1.54, 1.807) is 0 Å². The monoisotopic (exact) mass is 263 g/mol. The first-order chi connectivity index (χ1) is 8.58. The molecule has 2 aromatic rings. The number of rotatable bonds is 3. The minimum absolute atomic E-state index is 0.125. The Morgan fingerprint density at radius 1 is 1.44 bits per heavy atom. The van der Waals surface area contributed by atoms with Crippen LogP contribution in [0.2, 0.25) is 0 Å². The summed E-state index contributed by atoms with van der Waals surface area (Å²) in [5.74, 6) is -0.0910. The van der Waals surface area contributed by atoms with E-state index in [0.717, 1.165) is 0 Å². The number of aromatic nitrogens is 3. The standard InChI is InChI=1S/C10H9N5O2S/c11-8(18)6-4-13-15-9(6)14-10(17)5-1-2-7(16)12-3-5/h1-4H,(H2,11,18)(H,12,16)(H2,13,14,15,17). The van der Waals surface area contributed by atoms with Crippen molar-refractivity contribution in [2.75, 3.05) is 5.32 Å². The molecule has 0 aromatic carbocycles. The predicted octanol–water partition coefficient (Wildman–Crippen LogP) is -0.0155. The zero-order valence-corrected chi connectivity index (χ0v) is 9.88. The van der Waals surface area contributed by atoms with E-state index in [2.05, 4.69) is 20.5 Å². The maximum atomic E-state index is 11.8. The maximum absolute atomic E-state index is 11.8. The molecule has 8 heteroatoms. The number of hydrogen-bond acceptors (Lipinski definition) is 4. The lowest BCUT2D eigenvalue weighted by atomic mass is 10.2. The van der Waals surface area contributed by atoms with Crippen molar-refractivity contribution in [1.29, 1.82) is 0 Å². The molecular formula is C10H9N5O2S. The van der Waals surface area contributed by atoms with E-state index in [9.17, 15) is 9.59 Å². The SMILES string of the molecule is NC(=S)c1cn[nH]c1NC(=O)c1ccc(=O)[nH]c1. The fourth-order valence-corrected chi connectivity index (χ4v) is 1.46. The number of H-pyrrole nitrogens is 2. The summed E-state index contributed by atoms with van der Waals surface area (Å²) in [6.45, 7) is 0. The van der Waals surface area contributed by atoms with Crippen LogP contribution in [0.5, 0.6) is 0 Å². The van der Waals surface area contributed by atoms with Gasteiger partial charge in [-0.15, -0.1) is 0 Å². The third kappa shape index (κ3) is 2.43. The van der Waals surface area contributed by atoms with Gasteiger partial charge in [-0.3, -0.25) is 14.7 Å². The second kappa shape index (κ2) is 4.80. The number of anilines is 1. The van der Waals surface area contributed by atoms with Crippen LogP contribution in [0.25, 0.3) is 0 Å². The molecule has 0 saturated heterocycles. The number of amides is 1. The largest absolute Gasteiger partial charge is 0.389 e. The third-order valence-corrected chi connectivity index (χ3v) is 2.41. The maximum Gasteiger partial charge on any atom is 0.258 e. The highest BCUT2D eigenvalue weighted by Gasteiger charge is 2.12. The number of carbonyl (C=O) groups is 1. The van der Waals surface area contributed by atoms with Gasteiger partial charge in [-0.1, -0.05) is 12.2 Å². The highest BCUT2D eigenvalue weighted by molar-refractivity contribution is 7.80. The van der Waals surface area contributed by atoms with Gasteiger partial charge in [-0.25, -0.2) is 0 Å². The normalized spacial score (nSPS) is 10.0. The molecule has 0 unspecified atom stereocenters. The van der Waals surface area contributed by atoms with Crippen LogP contribution in [-0.4, -0.2) is 26.1 Å². The van der Waals surface area contributed by atoms with Gasteiger partial charge < -0.3 is 16.0 Å². The Hall–Kier alpha value is -2.48. The van der Waals surface area contributed by atoms with E-state index in [1.165, 1.54) is 24.5 Å². The van der Waals surface area contributed by atoms with Crippen molar-refractivity contribution in [1.82, 2.24) is 15.2 Å². The van der Waals surface area contributed by atoms with Crippen molar-refractivity contribution in [2.24, 2.45) is 5.73 Å². The van der Waals surface area contributed by atoms with Gasteiger partial charge in [-0.05, 0) is 6.07 Å². The van der Waals surface area contributed by atoms with E-state index >= 15 is 0 Å². The van der Waals surface area contributed by atoms with E-state index in [1.807, 2.05) is 0 Å². The topological polar surface area (TPSA) is 117 Å². The first-order valence-corrected chi connectivity index (χ1v) is 5.32. The van der Waals surface area contributed by atoms with Crippen molar-refractivity contribution in [2.45, 2.75) is 0 Å². The van der Waals surface area contributed by atoms with Crippen molar-refractivity contribution < 1.29 is 4.79 Å². The second-order valence-electron chi connectivity index (χ2n) is 3.42. The minimum atomic E-state index is -0.409. The molecule has 1 amide bonds. The molecule has 18 heavy (non-hydrogen) atoms. The fraction of sp³-hybridized carbons (Fsp3) is 0. The zero-order chi connectivity index (χ0) is 13.1. The molecule has 2 heterocycles. The molecule has 0 spiro atoms. The number of carbonyl (C=O) groups excluding carboxylic acids is 1. The number of aromatic amines is 2. The number of pyridine rings is 1. The van der Waals surface area contributed by atoms with Crippen LogP contribution >= 0.6 is 12.2 Å². The van der Waals surface area contributed by atoms with Crippen LogP contribution in [0.15, 0.2) is 29.3 Å². The van der Waals surface area contributed by atoms with Crippen LogP contribution in [-0.2, 0) is 0 Å². The Morgan fingerprint density at radius 2 is 2.22 bits per heavy atom. The molecule has 92 valence electrons. The molecule has 5 N–H and O–H groups in total. The average molecular weight is 263 g/mol. The fourth-order valence-electron chi connectivity index (χ4n) is 1.31. The van der Waals surface area contributed by atoms with Crippen LogP contribution in [0.3, 0.4) is 0 Å². The smallest absolute Gasteiger partial charge is 0.258 e. The van der Waals surface area contributed by atoms with Gasteiger partial charge in [0.15, 0.2) is 0 Å². The highest BCUT2D eigenvalue weighted by atomic mass is 32.1. The Kier molecular flexibility index (Phi) is 3.20. The molecular weight excluding hydrogens is 254 g/mol. The summed E-state index contributed by atoms with van der Waals surface area (Å²) in [5, 5.41) is 8.88. The lowest BCUT2D eigenvalue weighted by molar-refractivity contribution is 0.102. The van der Waals surface area contributed by atoms with Crippen molar-refractivity contribution in [3.05, 3.63) is 46.0 Å². The summed E-state index contributed by atoms with van der Waals surface area (Å²) in [6.07, 6.45) is 2.74. The number of hydrogen-bond donors (Lipinski definition) is 4. The van der Waals surface area contributed by atoms with Gasteiger partial charge in [0, 0.05) is 12.3 Å². The molecule has 0 aliphatic rings. The van der Waals surface area contributed by atoms with Crippen molar-refractivity contribution >= 4 is 28.9 Å². The van der Waals surface area contributed by atoms with E-state index in [-0.39, 0.29) is 10.5 Å². The van der Waals surface area contributed by atoms with E-state index in [0.29, 0.717) is 16.9 Å². The van der Waals surface area contributed by atoms with Gasteiger partial charge in [-0.2, -0.15) is 5.10 Å². The Balaban J connectivity index is 2.21. The lowest BCUT2D eigenvalue weighted by Gasteiger charge is -2.04. The summed E-state index contributed by atoms with van der Waals surface area (Å²) in [7, 11) is 0. The summed E-state index contributed by atoms with van der Waals surface area (Å²) >= 11 is 4.81. The first-order valence-electron chi connectivity index (χ1n) is 4.91. The summed E-state index contributed by atoms with van der Waals surface area (Å²) in [4.78, 5) is 25.2. The molecule has 0 bridgehead atoms. The van der Waals surface area contributed by atoms with Crippen LogP contribution in [0, 0.1) is 0 Å². The van der Waals surface area contributed by atoms with E-state index < -0.39 is 5.91 Å². The van der Waals surface area contributed by atoms with E-state index in [4.69, 9.17) is 18.0 Å². The summed E-state index contributed by atoms with van der Waals surface area (Å²) in [5.41, 5.74) is 5.94. The Bertz CT molecular complexity index is 640. The molecule has 0 radical (unpaired) electrons. The quantitative estimate of drug-likeness (QED) is 0.581. The van der Waals surface area contributed by atoms with Gasteiger partial charge in [0.1, 0.15) is 10.8 Å². The van der Waals surface area contributed by atoms with Crippen LogP contribution < -0.4 is 16.6 Å². The Morgan fingerprint density at radius 3 is 2.83 bits per heavy atom. The lowest BCUT2D eigenvalue weighted by Crippen LogP contribution is -2.18. The van der Waals surface area contributed by atoms with Gasteiger partial charge >= 0.3 is 0 Å². The zero-order valence-electron chi connectivity index (χ0n) is 9.06. The number of nitrogens with two attached hydrogens (primary N) is 1. The highest BCUT2D eigenvalue weighted by Crippen LogP contribution is 2.11. The van der Waals surface area contributed by atoms with Gasteiger partial charge in [0.05, 0.1) is 17.3 Å². The number of thiocarbonyl (C=S) groups is 1. The molecule has 0 saturated carbocycles. The first kappa shape index (κ1) is 12.0. The van der Waals surface area contributed by atoms with Crippen LogP contribution in [0.4, 0.5) is 5.82 Å². The average Bonchev–Trinajstić information content (AvgIpc) is 2.78. The van der Waals surface area contributed by atoms with Crippen molar-refractivity contribution in [3.8, 4) is 0 Å². The minimum Gasteiger partial charge on any atom is -0.389 e. The Labute approximate surface area is 106 Å². The van der Waals surface area contributed by atoms with Crippen LogP contribution in [0.1, 0.15) is 15.9 Å². The molecule has 2 rings (SSSR count). The molecule has 0 aliphatic heterocycles. The number of nitrogens with zero attached hydrogens (tertiary/aromatic N) is 1. The summed E-state index contributed by atoms with van der Waals surface area (Å²) < 4.78 is 0.